The second kappa shape index (κ2) is 10.4. The first-order valence-electron chi connectivity index (χ1n) is 9.01. The van der Waals surface area contributed by atoms with Crippen molar-refractivity contribution < 1.29 is 22.4 Å². The number of carbonyl (C=O) groups excluding carboxylic acids is 1. The van der Waals surface area contributed by atoms with Gasteiger partial charge in [-0.15, -0.1) is 0 Å². The molecule has 1 heterocycles. The number of aryl methyl sites for hydroxylation is 1. The summed E-state index contributed by atoms with van der Waals surface area (Å²) in [5, 5.41) is 5.83. The smallest absolute Gasteiger partial charge is 0.272 e. The van der Waals surface area contributed by atoms with Crippen molar-refractivity contribution in [2.45, 2.75) is 19.1 Å². The van der Waals surface area contributed by atoms with Gasteiger partial charge in [-0.25, -0.2) is 12.8 Å². The van der Waals surface area contributed by atoms with Gasteiger partial charge in [0.05, 0.1) is 18.7 Å². The van der Waals surface area contributed by atoms with E-state index in [-0.39, 0.29) is 42.3 Å². The van der Waals surface area contributed by atoms with Gasteiger partial charge < -0.3 is 26.6 Å². The molecule has 1 amide bonds. The molecular weight excluding hydrogens is 431 g/mol. The van der Waals surface area contributed by atoms with E-state index >= 15 is 0 Å². The fourth-order valence-electron chi connectivity index (χ4n) is 2.64. The largest absolute Gasteiger partial charge is 0.391 e. The highest BCUT2D eigenvalue weighted by Crippen LogP contribution is 2.16. The number of carbonyl (C=O) groups is 1. The van der Waals surface area contributed by atoms with Crippen LogP contribution in [0, 0.1) is 12.7 Å². The van der Waals surface area contributed by atoms with Crippen molar-refractivity contribution in [3.05, 3.63) is 63.3 Å². The third-order valence-corrected chi connectivity index (χ3v) is 5.02. The van der Waals surface area contributed by atoms with Gasteiger partial charge in [0.2, 0.25) is 21.9 Å². The summed E-state index contributed by atoms with van der Waals surface area (Å²) in [4.78, 5) is 31.8. The first-order valence-corrected chi connectivity index (χ1v) is 10.7. The number of oxime groups is 1. The van der Waals surface area contributed by atoms with Crippen LogP contribution in [0.3, 0.4) is 0 Å². The Labute approximate surface area is 177 Å². The zero-order valence-electron chi connectivity index (χ0n) is 16.6. The Hall–Kier alpha value is -3.61. The third kappa shape index (κ3) is 7.97. The summed E-state index contributed by atoms with van der Waals surface area (Å²) in [6, 6.07) is 6.58. The number of anilines is 1. The highest BCUT2D eigenvalue weighted by atomic mass is 32.2. The molecule has 0 aliphatic rings. The summed E-state index contributed by atoms with van der Waals surface area (Å²) in [5.41, 5.74) is 10.0. The second-order valence-electron chi connectivity index (χ2n) is 6.55. The lowest BCUT2D eigenvalue weighted by Crippen LogP contribution is -2.30. The number of rotatable bonds is 10. The summed E-state index contributed by atoms with van der Waals surface area (Å²) >= 11 is 0. The van der Waals surface area contributed by atoms with Crippen LogP contribution < -0.4 is 27.1 Å². The molecular formula is C18H23FN6O5S. The molecule has 11 nitrogen and oxygen atoms in total. The first-order chi connectivity index (χ1) is 14.6. The molecule has 0 spiro atoms. The minimum atomic E-state index is -4.06. The number of aromatic nitrogens is 1. The number of aromatic amines is 1. The minimum Gasteiger partial charge on any atom is -0.391 e. The minimum absolute atomic E-state index is 0.00512. The number of sulfonamides is 1. The van der Waals surface area contributed by atoms with E-state index in [2.05, 4.69) is 20.2 Å². The predicted octanol–water partition coefficient (Wildman–Crippen LogP) is -0.372. The topological polar surface area (TPSA) is 182 Å². The Morgan fingerprint density at radius 3 is 2.71 bits per heavy atom. The van der Waals surface area contributed by atoms with Crippen LogP contribution >= 0.6 is 0 Å². The van der Waals surface area contributed by atoms with Gasteiger partial charge in [-0.05, 0) is 41.4 Å². The van der Waals surface area contributed by atoms with Crippen LogP contribution in [-0.4, -0.2) is 38.4 Å². The lowest BCUT2D eigenvalue weighted by Gasteiger charge is -2.13. The van der Waals surface area contributed by atoms with Gasteiger partial charge in [0.25, 0.3) is 5.56 Å². The highest BCUT2D eigenvalue weighted by Gasteiger charge is 2.19. The van der Waals surface area contributed by atoms with Gasteiger partial charge in [0.15, 0.2) is 0 Å². The average Bonchev–Trinajstić information content (AvgIpc) is 2.63. The Morgan fingerprint density at radius 1 is 1.29 bits per heavy atom. The SMILES string of the molecule is Cc1cc(CC(=O)NCCON=C(N)N)c(NS(=O)(=O)Cc2cccc(F)c2)c(=O)[nH]1. The molecule has 1 aromatic heterocycles. The molecule has 0 saturated carbocycles. The number of halogens is 1. The van der Waals surface area contributed by atoms with Gasteiger partial charge >= 0.3 is 0 Å². The number of nitrogens with one attached hydrogen (secondary N) is 3. The summed E-state index contributed by atoms with van der Waals surface area (Å²) in [6.07, 6.45) is -0.273. The molecule has 0 saturated heterocycles. The second-order valence-corrected chi connectivity index (χ2v) is 8.27. The van der Waals surface area contributed by atoms with Crippen LogP contribution in [0.5, 0.6) is 0 Å². The summed E-state index contributed by atoms with van der Waals surface area (Å²) in [7, 11) is -4.06. The monoisotopic (exact) mass is 454 g/mol. The molecule has 2 aromatic rings. The Bertz CT molecular complexity index is 1130. The van der Waals surface area contributed by atoms with Gasteiger partial charge in [0, 0.05) is 5.69 Å². The highest BCUT2D eigenvalue weighted by molar-refractivity contribution is 7.91. The van der Waals surface area contributed by atoms with Gasteiger partial charge in [-0.1, -0.05) is 12.1 Å². The third-order valence-electron chi connectivity index (χ3n) is 3.79. The van der Waals surface area contributed by atoms with Crippen molar-refractivity contribution >= 4 is 27.6 Å². The lowest BCUT2D eigenvalue weighted by atomic mass is 10.1. The molecule has 0 fully saturated rings. The summed E-state index contributed by atoms with van der Waals surface area (Å²) < 4.78 is 40.6. The Balaban J connectivity index is 2.12. The Kier molecular flexibility index (Phi) is 7.96. The van der Waals surface area contributed by atoms with Gasteiger partial charge in [-0.2, -0.15) is 0 Å². The molecule has 0 radical (unpaired) electrons. The first kappa shape index (κ1) is 23.7. The maximum atomic E-state index is 13.3. The van der Waals surface area contributed by atoms with E-state index in [0.717, 1.165) is 6.07 Å². The zero-order chi connectivity index (χ0) is 23.0. The number of guanidine groups is 1. The number of amides is 1. The number of nitrogens with zero attached hydrogens (tertiary/aromatic N) is 1. The van der Waals surface area contributed by atoms with Crippen LogP contribution in [0.1, 0.15) is 16.8 Å². The van der Waals surface area contributed by atoms with Crippen molar-refractivity contribution in [1.82, 2.24) is 10.3 Å². The molecule has 2 rings (SSSR count). The van der Waals surface area contributed by atoms with E-state index in [0.29, 0.717) is 5.69 Å². The number of H-pyrrole nitrogens is 1. The van der Waals surface area contributed by atoms with Crippen LogP contribution in [-0.2, 0) is 31.8 Å². The summed E-state index contributed by atoms with van der Waals surface area (Å²) in [6.45, 7) is 1.68. The van der Waals surface area contributed by atoms with Crippen molar-refractivity contribution in [1.29, 1.82) is 0 Å². The lowest BCUT2D eigenvalue weighted by molar-refractivity contribution is -0.120. The molecule has 0 aliphatic heterocycles. The van der Waals surface area contributed by atoms with E-state index in [1.807, 2.05) is 0 Å². The van der Waals surface area contributed by atoms with Crippen molar-refractivity contribution in [3.63, 3.8) is 0 Å². The molecule has 0 unspecified atom stereocenters. The molecule has 13 heteroatoms. The number of hydrogen-bond donors (Lipinski definition) is 5. The standard InChI is InChI=1S/C18H23FN6O5S/c1-11-7-13(9-15(26)22-5-6-30-24-18(20)21)16(17(27)23-11)25-31(28,29)10-12-3-2-4-14(19)8-12/h2-4,7-8,25H,5-6,9-10H2,1H3,(H,22,26)(H,23,27)(H4,20,21,24). The van der Waals surface area contributed by atoms with Gasteiger partial charge in [-0.3, -0.25) is 14.3 Å². The maximum Gasteiger partial charge on any atom is 0.272 e. The fraction of sp³-hybridized carbons (Fsp3) is 0.278. The van der Waals surface area contributed by atoms with E-state index in [4.69, 9.17) is 16.3 Å². The van der Waals surface area contributed by atoms with Crippen LogP contribution in [0.2, 0.25) is 0 Å². The van der Waals surface area contributed by atoms with Gasteiger partial charge in [0.1, 0.15) is 18.1 Å². The normalized spacial score (nSPS) is 10.9. The number of benzene rings is 1. The number of nitrogens with two attached hydrogens (primary N) is 2. The molecule has 0 aliphatic carbocycles. The van der Waals surface area contributed by atoms with Crippen molar-refractivity contribution in [3.8, 4) is 0 Å². The molecule has 0 bridgehead atoms. The van der Waals surface area contributed by atoms with E-state index in [1.54, 1.807) is 6.92 Å². The van der Waals surface area contributed by atoms with Crippen LogP contribution in [0.4, 0.5) is 10.1 Å². The molecule has 31 heavy (non-hydrogen) atoms. The predicted molar refractivity (Wildman–Crippen MR) is 113 cm³/mol. The van der Waals surface area contributed by atoms with E-state index in [9.17, 15) is 22.4 Å². The summed E-state index contributed by atoms with van der Waals surface area (Å²) in [5.74, 6) is -1.88. The molecule has 1 aromatic carbocycles. The molecule has 168 valence electrons. The van der Waals surface area contributed by atoms with Crippen molar-refractivity contribution in [2.24, 2.45) is 16.6 Å². The average molecular weight is 454 g/mol. The maximum absolute atomic E-state index is 13.3. The van der Waals surface area contributed by atoms with Crippen molar-refractivity contribution in [2.75, 3.05) is 17.9 Å². The number of pyridine rings is 1. The van der Waals surface area contributed by atoms with E-state index in [1.165, 1.54) is 24.3 Å². The number of hydrogen-bond acceptors (Lipinski definition) is 6. The van der Waals surface area contributed by atoms with E-state index < -0.39 is 33.1 Å². The molecule has 7 N–H and O–H groups in total. The van der Waals surface area contributed by atoms with Crippen LogP contribution in [0.15, 0.2) is 40.3 Å². The fourth-order valence-corrected chi connectivity index (χ4v) is 3.86. The van der Waals surface area contributed by atoms with Crippen LogP contribution in [0.25, 0.3) is 0 Å². The quantitative estimate of drug-likeness (QED) is 0.140. The molecule has 0 atom stereocenters. The Morgan fingerprint density at radius 2 is 2.03 bits per heavy atom. The zero-order valence-corrected chi connectivity index (χ0v) is 17.5.